The monoisotopic (exact) mass is 278 g/mol. The summed E-state index contributed by atoms with van der Waals surface area (Å²) in [5.41, 5.74) is 1.70. The fraction of sp³-hybridized carbons (Fsp3) is 0.562. The molecule has 1 aromatic rings. The second kappa shape index (κ2) is 7.17. The summed E-state index contributed by atoms with van der Waals surface area (Å²) in [5.74, 6) is 0. The zero-order valence-corrected chi connectivity index (χ0v) is 13.2. The second-order valence-corrected chi connectivity index (χ2v) is 5.92. The molecule has 0 fully saturated rings. The summed E-state index contributed by atoms with van der Waals surface area (Å²) in [5, 5.41) is 3.38. The van der Waals surface area contributed by atoms with Crippen LogP contribution in [0.3, 0.4) is 0 Å². The van der Waals surface area contributed by atoms with Crippen LogP contribution in [-0.4, -0.2) is 30.2 Å². The van der Waals surface area contributed by atoms with Crippen molar-refractivity contribution in [2.45, 2.75) is 46.3 Å². The smallest absolute Gasteiger partial charge is 0.410 e. The third-order valence-corrected chi connectivity index (χ3v) is 2.70. The Morgan fingerprint density at radius 3 is 2.55 bits per heavy atom. The van der Waals surface area contributed by atoms with E-state index in [9.17, 15) is 4.79 Å². The molecular weight excluding hydrogens is 252 g/mol. The zero-order valence-electron chi connectivity index (χ0n) is 13.2. The molecule has 0 heterocycles. The summed E-state index contributed by atoms with van der Waals surface area (Å²) in [6.07, 6.45) is 0.763. The summed E-state index contributed by atoms with van der Waals surface area (Å²) in [4.78, 5) is 13.6. The molecule has 0 spiro atoms. The van der Waals surface area contributed by atoms with Gasteiger partial charge in [-0.3, -0.25) is 0 Å². The molecule has 1 rings (SSSR count). The quantitative estimate of drug-likeness (QED) is 0.888. The van der Waals surface area contributed by atoms with Crippen LogP contribution in [0.15, 0.2) is 24.3 Å². The number of rotatable bonds is 5. The lowest BCUT2D eigenvalue weighted by atomic mass is 10.1. The van der Waals surface area contributed by atoms with Gasteiger partial charge in [0.25, 0.3) is 0 Å². The Bertz CT molecular complexity index is 438. The molecule has 0 aliphatic rings. The van der Waals surface area contributed by atoms with Crippen molar-refractivity contribution in [1.29, 1.82) is 0 Å². The number of ether oxygens (including phenoxy) is 1. The highest BCUT2D eigenvalue weighted by molar-refractivity contribution is 5.68. The van der Waals surface area contributed by atoms with Crippen molar-refractivity contribution in [2.24, 2.45) is 0 Å². The molecule has 1 aromatic carbocycles. The van der Waals surface area contributed by atoms with Crippen molar-refractivity contribution in [2.75, 3.05) is 18.9 Å². The normalized spacial score (nSPS) is 11.1. The van der Waals surface area contributed by atoms with E-state index in [4.69, 9.17) is 4.74 Å². The van der Waals surface area contributed by atoms with Gasteiger partial charge < -0.3 is 15.0 Å². The number of nitrogens with one attached hydrogen (secondary N) is 1. The predicted molar refractivity (Wildman–Crippen MR) is 82.9 cm³/mol. The van der Waals surface area contributed by atoms with Gasteiger partial charge >= 0.3 is 6.09 Å². The van der Waals surface area contributed by atoms with Crippen molar-refractivity contribution >= 4 is 11.8 Å². The van der Waals surface area contributed by atoms with Gasteiger partial charge in [-0.05, 0) is 38.8 Å². The first-order valence-corrected chi connectivity index (χ1v) is 7.09. The lowest BCUT2D eigenvalue weighted by molar-refractivity contribution is 0.0285. The average Bonchev–Trinajstić information content (AvgIpc) is 2.35. The van der Waals surface area contributed by atoms with Crippen LogP contribution in [0.25, 0.3) is 0 Å². The summed E-state index contributed by atoms with van der Waals surface area (Å²) >= 11 is 0. The van der Waals surface area contributed by atoms with E-state index in [0.29, 0.717) is 6.54 Å². The first-order chi connectivity index (χ1) is 9.33. The lowest BCUT2D eigenvalue weighted by Crippen LogP contribution is -2.34. The number of carbonyl (C=O) groups excluding carboxylic acids is 1. The molecule has 20 heavy (non-hydrogen) atoms. The topological polar surface area (TPSA) is 41.6 Å². The van der Waals surface area contributed by atoms with Gasteiger partial charge in [0.2, 0.25) is 0 Å². The van der Waals surface area contributed by atoms with Gasteiger partial charge in [-0.1, -0.05) is 25.1 Å². The molecular formula is C16H26N2O2. The fourth-order valence-electron chi connectivity index (χ4n) is 1.75. The third kappa shape index (κ3) is 5.51. The van der Waals surface area contributed by atoms with E-state index in [-0.39, 0.29) is 6.09 Å². The minimum absolute atomic E-state index is 0.303. The molecule has 0 unspecified atom stereocenters. The predicted octanol–water partition coefficient (Wildman–Crippen LogP) is 3.88. The van der Waals surface area contributed by atoms with E-state index in [2.05, 4.69) is 12.2 Å². The van der Waals surface area contributed by atoms with Crippen molar-refractivity contribution in [3.63, 3.8) is 0 Å². The van der Waals surface area contributed by atoms with Gasteiger partial charge in [-0.25, -0.2) is 4.79 Å². The van der Waals surface area contributed by atoms with Crippen LogP contribution in [0.2, 0.25) is 0 Å². The van der Waals surface area contributed by atoms with Crippen LogP contribution in [-0.2, 0) is 11.3 Å². The number of nitrogens with zero attached hydrogens (tertiary/aromatic N) is 1. The van der Waals surface area contributed by atoms with Crippen LogP contribution in [0, 0.1) is 0 Å². The Kier molecular flexibility index (Phi) is 5.86. The molecule has 0 aliphatic carbocycles. The van der Waals surface area contributed by atoms with Crippen LogP contribution < -0.4 is 5.32 Å². The first kappa shape index (κ1) is 16.3. The Balaban J connectivity index is 2.70. The highest BCUT2D eigenvalue weighted by Gasteiger charge is 2.20. The number of anilines is 1. The zero-order chi connectivity index (χ0) is 15.2. The molecule has 1 N–H and O–H groups in total. The van der Waals surface area contributed by atoms with Gasteiger partial charge in [0.05, 0.1) is 6.54 Å². The molecule has 0 radical (unpaired) electrons. The van der Waals surface area contributed by atoms with Gasteiger partial charge in [-0.2, -0.15) is 0 Å². The highest BCUT2D eigenvalue weighted by atomic mass is 16.6. The Morgan fingerprint density at radius 1 is 1.30 bits per heavy atom. The number of para-hydroxylation sites is 1. The standard InChI is InChI=1S/C16H26N2O2/c1-6-11-17-14-10-8-7-9-13(14)12-18(5)15(19)20-16(2,3)4/h7-10,17H,6,11-12H2,1-5H3. The molecule has 112 valence electrons. The van der Waals surface area contributed by atoms with Crippen molar-refractivity contribution in [3.8, 4) is 0 Å². The third-order valence-electron chi connectivity index (χ3n) is 2.70. The van der Waals surface area contributed by atoms with Crippen LogP contribution in [0.4, 0.5) is 10.5 Å². The van der Waals surface area contributed by atoms with Crippen LogP contribution >= 0.6 is 0 Å². The van der Waals surface area contributed by atoms with Gasteiger partial charge in [0.1, 0.15) is 5.60 Å². The van der Waals surface area contributed by atoms with E-state index >= 15 is 0 Å². The van der Waals surface area contributed by atoms with Gasteiger partial charge in [0, 0.05) is 19.3 Å². The number of hydrogen-bond donors (Lipinski definition) is 1. The maximum absolute atomic E-state index is 12.0. The highest BCUT2D eigenvalue weighted by Crippen LogP contribution is 2.18. The number of hydrogen-bond acceptors (Lipinski definition) is 3. The summed E-state index contributed by atoms with van der Waals surface area (Å²) in [7, 11) is 1.75. The molecule has 0 bridgehead atoms. The van der Waals surface area contributed by atoms with Crippen LogP contribution in [0.5, 0.6) is 0 Å². The average molecular weight is 278 g/mol. The van der Waals surface area contributed by atoms with E-state index < -0.39 is 5.60 Å². The SMILES string of the molecule is CCCNc1ccccc1CN(C)C(=O)OC(C)(C)C. The summed E-state index contributed by atoms with van der Waals surface area (Å²) in [6, 6.07) is 8.04. The summed E-state index contributed by atoms with van der Waals surface area (Å²) in [6.45, 7) is 9.19. The first-order valence-electron chi connectivity index (χ1n) is 7.09. The second-order valence-electron chi connectivity index (χ2n) is 5.92. The molecule has 0 saturated heterocycles. The molecule has 0 saturated carbocycles. The minimum Gasteiger partial charge on any atom is -0.444 e. The molecule has 0 aromatic heterocycles. The Labute approximate surface area is 122 Å². The van der Waals surface area contributed by atoms with E-state index in [1.54, 1.807) is 11.9 Å². The minimum atomic E-state index is -0.467. The number of amides is 1. The lowest BCUT2D eigenvalue weighted by Gasteiger charge is -2.25. The summed E-state index contributed by atoms with van der Waals surface area (Å²) < 4.78 is 5.36. The van der Waals surface area contributed by atoms with Gasteiger partial charge in [-0.15, -0.1) is 0 Å². The Hall–Kier alpha value is -1.71. The van der Waals surface area contributed by atoms with Crippen LogP contribution in [0.1, 0.15) is 39.7 Å². The molecule has 1 amide bonds. The van der Waals surface area contributed by atoms with Crippen molar-refractivity contribution < 1.29 is 9.53 Å². The van der Waals surface area contributed by atoms with Crippen molar-refractivity contribution in [1.82, 2.24) is 4.90 Å². The van der Waals surface area contributed by atoms with Gasteiger partial charge in [0.15, 0.2) is 0 Å². The number of benzene rings is 1. The largest absolute Gasteiger partial charge is 0.444 e. The van der Waals surface area contributed by atoms with E-state index in [1.165, 1.54) is 0 Å². The molecule has 0 aliphatic heterocycles. The van der Waals surface area contributed by atoms with E-state index in [1.807, 2.05) is 45.0 Å². The molecule has 0 atom stereocenters. The number of carbonyl (C=O) groups is 1. The maximum atomic E-state index is 12.0. The van der Waals surface area contributed by atoms with Crippen molar-refractivity contribution in [3.05, 3.63) is 29.8 Å². The molecule has 4 heteroatoms. The maximum Gasteiger partial charge on any atom is 0.410 e. The van der Waals surface area contributed by atoms with E-state index in [0.717, 1.165) is 24.2 Å². The Morgan fingerprint density at radius 2 is 1.95 bits per heavy atom. The molecule has 4 nitrogen and oxygen atoms in total. The fourth-order valence-corrected chi connectivity index (χ4v) is 1.75.